The number of aromatic nitrogens is 3. The number of aryl methyl sites for hydroxylation is 1. The highest BCUT2D eigenvalue weighted by atomic mass is 19.1. The third kappa shape index (κ3) is 2.83. The van der Waals surface area contributed by atoms with Crippen LogP contribution in [0.25, 0.3) is 11.0 Å². The predicted molar refractivity (Wildman–Crippen MR) is 118 cm³/mol. The van der Waals surface area contributed by atoms with Crippen LogP contribution in [-0.4, -0.2) is 27.0 Å². The van der Waals surface area contributed by atoms with Crippen molar-refractivity contribution in [2.75, 3.05) is 5.32 Å². The fourth-order valence-electron chi connectivity index (χ4n) is 5.03. The van der Waals surface area contributed by atoms with E-state index in [1.165, 1.54) is 6.07 Å². The van der Waals surface area contributed by atoms with Crippen molar-refractivity contribution in [1.82, 2.24) is 15.0 Å². The number of imidazole rings is 1. The number of pyridine rings is 1. The Hall–Kier alpha value is -3.94. The number of H-pyrrole nitrogens is 1. The molecule has 0 bridgehead atoms. The number of rotatable bonds is 3. The van der Waals surface area contributed by atoms with Crippen molar-refractivity contribution < 1.29 is 18.7 Å². The lowest BCUT2D eigenvalue weighted by molar-refractivity contribution is -0.116. The average Bonchev–Trinajstić information content (AvgIpc) is 3.15. The van der Waals surface area contributed by atoms with E-state index in [1.54, 1.807) is 19.2 Å². The molecule has 4 aromatic rings. The van der Waals surface area contributed by atoms with E-state index in [4.69, 9.17) is 9.47 Å². The zero-order valence-electron chi connectivity index (χ0n) is 17.7. The highest BCUT2D eigenvalue weighted by molar-refractivity contribution is 5.93. The molecule has 164 valence electrons. The Balaban J connectivity index is 1.18. The summed E-state index contributed by atoms with van der Waals surface area (Å²) in [5.41, 5.74) is 4.04. The molecule has 1 aliphatic carbocycles. The van der Waals surface area contributed by atoms with Crippen LogP contribution in [0.2, 0.25) is 0 Å². The highest BCUT2D eigenvalue weighted by Crippen LogP contribution is 2.63. The lowest BCUT2D eigenvalue weighted by atomic mass is 10.1. The van der Waals surface area contributed by atoms with Crippen molar-refractivity contribution in [1.29, 1.82) is 0 Å². The molecule has 2 N–H and O–H groups in total. The highest BCUT2D eigenvalue weighted by Gasteiger charge is 2.61. The largest absolute Gasteiger partial charge is 0.489 e. The zero-order chi connectivity index (χ0) is 22.3. The summed E-state index contributed by atoms with van der Waals surface area (Å²) in [6, 6.07) is 10.9. The van der Waals surface area contributed by atoms with Crippen molar-refractivity contribution in [2.45, 2.75) is 37.7 Å². The van der Waals surface area contributed by atoms with Crippen LogP contribution in [0, 0.1) is 12.7 Å². The van der Waals surface area contributed by atoms with Crippen LogP contribution >= 0.6 is 0 Å². The molecule has 3 atom stereocenters. The van der Waals surface area contributed by atoms with Crippen molar-refractivity contribution in [3.63, 3.8) is 0 Å². The second-order valence-corrected chi connectivity index (χ2v) is 8.86. The number of aromatic amines is 1. The van der Waals surface area contributed by atoms with Gasteiger partial charge in [-0.1, -0.05) is 0 Å². The molecule has 0 radical (unpaired) electrons. The van der Waals surface area contributed by atoms with Crippen molar-refractivity contribution in [3.05, 3.63) is 70.9 Å². The van der Waals surface area contributed by atoms with E-state index < -0.39 is 0 Å². The number of hydrogen-bond donors (Lipinski definition) is 2. The third-order valence-electron chi connectivity index (χ3n) is 6.75. The van der Waals surface area contributed by atoms with E-state index in [0.717, 1.165) is 28.2 Å². The predicted octanol–water partition coefficient (Wildman–Crippen LogP) is 4.72. The number of benzene rings is 2. The monoisotopic (exact) mass is 442 g/mol. The van der Waals surface area contributed by atoms with E-state index in [1.807, 2.05) is 24.3 Å². The Labute approximate surface area is 188 Å². The van der Waals surface area contributed by atoms with E-state index in [2.05, 4.69) is 20.3 Å². The van der Waals surface area contributed by atoms with Gasteiger partial charge in [0.1, 0.15) is 40.8 Å². The maximum atomic E-state index is 13.9. The van der Waals surface area contributed by atoms with Crippen molar-refractivity contribution in [2.24, 2.45) is 0 Å². The number of hydrogen-bond acceptors (Lipinski definition) is 5. The topological polar surface area (TPSA) is 89.1 Å². The molecule has 1 saturated carbocycles. The van der Waals surface area contributed by atoms with Gasteiger partial charge in [-0.05, 0) is 49.2 Å². The van der Waals surface area contributed by atoms with Crippen LogP contribution in [0.3, 0.4) is 0 Å². The summed E-state index contributed by atoms with van der Waals surface area (Å²) in [7, 11) is 0. The number of fused-ring (bicyclic) bond motifs is 5. The number of carbonyl (C=O) groups excluding carboxylic acids is 1. The van der Waals surface area contributed by atoms with Gasteiger partial charge in [0.15, 0.2) is 0 Å². The maximum Gasteiger partial charge on any atom is 0.225 e. The summed E-state index contributed by atoms with van der Waals surface area (Å²) in [6.07, 6.45) is 2.66. The summed E-state index contributed by atoms with van der Waals surface area (Å²) in [6.45, 7) is 1.75. The number of halogens is 1. The van der Waals surface area contributed by atoms with Crippen LogP contribution in [0.4, 0.5) is 10.2 Å². The van der Waals surface area contributed by atoms with Gasteiger partial charge < -0.3 is 19.8 Å². The minimum Gasteiger partial charge on any atom is -0.489 e. The SMILES string of the molecule is Cc1cc2[nH]c([C@@H]3C4c5cc(Oc6ccnc7c6CCC(=O)N7)ccc5O[C@H]43)nc2cc1F. The zero-order valence-corrected chi connectivity index (χ0v) is 17.7. The second kappa shape index (κ2) is 6.54. The number of carbonyl (C=O) groups is 1. The van der Waals surface area contributed by atoms with E-state index >= 15 is 0 Å². The number of nitrogens with zero attached hydrogens (tertiary/aromatic N) is 2. The molecule has 2 aliphatic heterocycles. The van der Waals surface area contributed by atoms with Gasteiger partial charge in [-0.3, -0.25) is 4.79 Å². The van der Waals surface area contributed by atoms with Crippen LogP contribution in [0.15, 0.2) is 42.6 Å². The maximum absolute atomic E-state index is 13.9. The minimum absolute atomic E-state index is 0.0191. The number of anilines is 1. The molecule has 2 aromatic heterocycles. The Morgan fingerprint density at radius 2 is 2.06 bits per heavy atom. The quantitative estimate of drug-likeness (QED) is 0.479. The van der Waals surface area contributed by atoms with E-state index in [0.29, 0.717) is 41.2 Å². The lowest BCUT2D eigenvalue weighted by Crippen LogP contribution is -2.20. The van der Waals surface area contributed by atoms with Gasteiger partial charge in [-0.25, -0.2) is 14.4 Å². The first-order chi connectivity index (χ1) is 16.0. The normalized spacial score (nSPS) is 22.2. The molecule has 1 amide bonds. The first-order valence-electron chi connectivity index (χ1n) is 11.0. The molecule has 8 heteroatoms. The molecule has 2 aromatic carbocycles. The van der Waals surface area contributed by atoms with Gasteiger partial charge in [0.2, 0.25) is 5.91 Å². The molecule has 1 unspecified atom stereocenters. The standard InChI is InChI=1S/C25H19FN4O3/c1-11-8-16-17(10-15(11)26)29-25(28-16)22-21-14-9-12(2-4-18(14)33-23(21)22)32-19-6-7-27-24-13(19)3-5-20(31)30-24/h2,4,6-10,21-23H,3,5H2,1H3,(H,28,29)(H,27,30,31)/t21?,22-,23-/m1/s1. The number of amides is 1. The van der Waals surface area contributed by atoms with Gasteiger partial charge >= 0.3 is 0 Å². The van der Waals surface area contributed by atoms with Gasteiger partial charge in [0.25, 0.3) is 0 Å². The molecule has 33 heavy (non-hydrogen) atoms. The Bertz CT molecular complexity index is 1440. The number of ether oxygens (including phenoxy) is 2. The average molecular weight is 442 g/mol. The second-order valence-electron chi connectivity index (χ2n) is 8.86. The van der Waals surface area contributed by atoms with Crippen molar-refractivity contribution >= 4 is 22.8 Å². The lowest BCUT2D eigenvalue weighted by Gasteiger charge is -2.19. The molecular weight excluding hydrogens is 423 g/mol. The molecular formula is C25H19FN4O3. The Morgan fingerprint density at radius 1 is 1.15 bits per heavy atom. The molecule has 7 rings (SSSR count). The number of nitrogens with one attached hydrogen (secondary N) is 2. The van der Waals surface area contributed by atoms with Crippen LogP contribution in [-0.2, 0) is 11.2 Å². The Morgan fingerprint density at radius 3 is 2.97 bits per heavy atom. The summed E-state index contributed by atoms with van der Waals surface area (Å²) in [5, 5.41) is 2.80. The van der Waals surface area contributed by atoms with Gasteiger partial charge in [0, 0.05) is 35.7 Å². The summed E-state index contributed by atoms with van der Waals surface area (Å²) in [5.74, 6) is 3.64. The Kier molecular flexibility index (Phi) is 3.69. The smallest absolute Gasteiger partial charge is 0.225 e. The first kappa shape index (κ1) is 18.6. The van der Waals surface area contributed by atoms with E-state index in [9.17, 15) is 9.18 Å². The summed E-state index contributed by atoms with van der Waals surface area (Å²) >= 11 is 0. The minimum atomic E-state index is -0.252. The molecule has 3 aliphatic rings. The summed E-state index contributed by atoms with van der Waals surface area (Å²) < 4.78 is 26.3. The van der Waals surface area contributed by atoms with Gasteiger partial charge in [0.05, 0.1) is 17.0 Å². The van der Waals surface area contributed by atoms with Crippen molar-refractivity contribution in [3.8, 4) is 17.2 Å². The fraction of sp³-hybridized carbons (Fsp3) is 0.240. The van der Waals surface area contributed by atoms with E-state index in [-0.39, 0.29) is 29.7 Å². The fourth-order valence-corrected chi connectivity index (χ4v) is 5.03. The first-order valence-corrected chi connectivity index (χ1v) is 11.0. The van der Waals surface area contributed by atoms with Crippen LogP contribution in [0.5, 0.6) is 17.2 Å². The van der Waals surface area contributed by atoms with Gasteiger partial charge in [-0.15, -0.1) is 0 Å². The molecule has 0 spiro atoms. The van der Waals surface area contributed by atoms with Gasteiger partial charge in [-0.2, -0.15) is 0 Å². The van der Waals surface area contributed by atoms with Crippen LogP contribution < -0.4 is 14.8 Å². The molecule has 0 saturated heterocycles. The molecule has 1 fully saturated rings. The molecule has 7 nitrogen and oxygen atoms in total. The van der Waals surface area contributed by atoms with Crippen LogP contribution in [0.1, 0.15) is 40.8 Å². The third-order valence-corrected chi connectivity index (χ3v) is 6.75. The summed E-state index contributed by atoms with van der Waals surface area (Å²) in [4.78, 5) is 23.9. The molecule has 4 heterocycles.